The van der Waals surface area contributed by atoms with Gasteiger partial charge >= 0.3 is 5.97 Å². The number of rotatable bonds is 8. The van der Waals surface area contributed by atoms with Crippen molar-refractivity contribution in [1.29, 1.82) is 0 Å². The maximum atomic E-state index is 11.8. The third-order valence-electron chi connectivity index (χ3n) is 3.43. The molecule has 10 nitrogen and oxygen atoms in total. The summed E-state index contributed by atoms with van der Waals surface area (Å²) in [5, 5.41) is 2.91. The molecule has 0 fully saturated rings. The van der Waals surface area contributed by atoms with Crippen molar-refractivity contribution in [3.8, 4) is 0 Å². The normalized spacial score (nSPS) is 12.2. The summed E-state index contributed by atoms with van der Waals surface area (Å²) in [4.78, 5) is 33.9. The summed E-state index contributed by atoms with van der Waals surface area (Å²) in [5.41, 5.74) is 5.64. The van der Waals surface area contributed by atoms with E-state index < -0.39 is 5.56 Å². The lowest BCUT2D eigenvalue weighted by Crippen LogP contribution is -2.40. The second-order valence-corrected chi connectivity index (χ2v) is 5.55. The first-order valence-electron chi connectivity index (χ1n) is 7.56. The number of nitrogens with one attached hydrogen (secondary N) is 2. The van der Waals surface area contributed by atoms with E-state index in [4.69, 9.17) is 15.2 Å². The van der Waals surface area contributed by atoms with E-state index >= 15 is 0 Å². The highest BCUT2D eigenvalue weighted by Crippen LogP contribution is 2.06. The second-order valence-electron chi connectivity index (χ2n) is 5.55. The molecule has 140 valence electrons. The van der Waals surface area contributed by atoms with E-state index in [1.807, 2.05) is 13.8 Å². The van der Waals surface area contributed by atoms with Crippen LogP contribution in [0.3, 0.4) is 0 Å². The summed E-state index contributed by atoms with van der Waals surface area (Å²) in [6, 6.07) is -0.346. The monoisotopic (exact) mass is 374 g/mol. The molecular formula is C14H23ClN6O4. The molecule has 25 heavy (non-hydrogen) atoms. The fourth-order valence-corrected chi connectivity index (χ4v) is 2.24. The van der Waals surface area contributed by atoms with Crippen molar-refractivity contribution >= 4 is 35.5 Å². The van der Waals surface area contributed by atoms with Crippen LogP contribution in [0.1, 0.15) is 13.8 Å². The van der Waals surface area contributed by atoms with Gasteiger partial charge in [0, 0.05) is 0 Å². The number of nitrogens with zero attached hydrogens (tertiary/aromatic N) is 3. The number of nitrogen functional groups attached to an aromatic ring is 1. The lowest BCUT2D eigenvalue weighted by molar-refractivity contribution is -0.149. The topological polar surface area (TPSA) is 137 Å². The van der Waals surface area contributed by atoms with Gasteiger partial charge in [0.15, 0.2) is 11.2 Å². The number of fused-ring (bicyclic) bond motifs is 1. The van der Waals surface area contributed by atoms with Gasteiger partial charge in [-0.2, -0.15) is 4.98 Å². The van der Waals surface area contributed by atoms with E-state index in [1.165, 1.54) is 6.33 Å². The van der Waals surface area contributed by atoms with Gasteiger partial charge in [0.2, 0.25) is 5.95 Å². The molecule has 2 aromatic heterocycles. The summed E-state index contributed by atoms with van der Waals surface area (Å²) in [5.74, 6) is -0.171. The summed E-state index contributed by atoms with van der Waals surface area (Å²) in [6.07, 6.45) is 1.44. The summed E-state index contributed by atoms with van der Waals surface area (Å²) >= 11 is 0. The molecule has 0 unspecified atom stereocenters. The van der Waals surface area contributed by atoms with Crippen molar-refractivity contribution in [1.82, 2.24) is 24.8 Å². The molecule has 0 aliphatic carbocycles. The first-order valence-corrected chi connectivity index (χ1v) is 7.56. The number of likely N-dealkylation sites (N-methyl/N-ethyl adjacent to an activating group) is 1. The van der Waals surface area contributed by atoms with Crippen LogP contribution in [0.2, 0.25) is 0 Å². The van der Waals surface area contributed by atoms with Crippen molar-refractivity contribution in [3.63, 3.8) is 0 Å². The first kappa shape index (κ1) is 20.9. The molecule has 1 atom stereocenters. The van der Waals surface area contributed by atoms with Crippen LogP contribution in [0.5, 0.6) is 0 Å². The van der Waals surface area contributed by atoms with Crippen LogP contribution in [0.25, 0.3) is 11.2 Å². The van der Waals surface area contributed by atoms with E-state index in [0.29, 0.717) is 5.65 Å². The van der Waals surface area contributed by atoms with Crippen molar-refractivity contribution in [3.05, 3.63) is 16.7 Å². The van der Waals surface area contributed by atoms with E-state index in [1.54, 1.807) is 11.6 Å². The Bertz CT molecular complexity index is 759. The summed E-state index contributed by atoms with van der Waals surface area (Å²) < 4.78 is 12.1. The van der Waals surface area contributed by atoms with Crippen LogP contribution in [0.15, 0.2) is 11.1 Å². The third kappa shape index (κ3) is 5.15. The van der Waals surface area contributed by atoms with Crippen LogP contribution in [-0.2, 0) is 21.0 Å². The molecule has 4 N–H and O–H groups in total. The van der Waals surface area contributed by atoms with Gasteiger partial charge in [-0.25, -0.2) is 4.98 Å². The number of aromatic nitrogens is 4. The molecular weight excluding hydrogens is 352 g/mol. The van der Waals surface area contributed by atoms with Crippen LogP contribution in [-0.4, -0.2) is 51.8 Å². The Labute approximate surface area is 150 Å². The number of ether oxygens (including phenoxy) is 2. The molecule has 0 saturated carbocycles. The van der Waals surface area contributed by atoms with Crippen LogP contribution in [0.4, 0.5) is 5.95 Å². The van der Waals surface area contributed by atoms with E-state index in [0.717, 1.165) is 0 Å². The average Bonchev–Trinajstić information content (AvgIpc) is 2.90. The Morgan fingerprint density at radius 2 is 2.16 bits per heavy atom. The number of hydrogen-bond acceptors (Lipinski definition) is 8. The third-order valence-corrected chi connectivity index (χ3v) is 3.43. The summed E-state index contributed by atoms with van der Waals surface area (Å²) in [7, 11) is 1.72. The smallest absolute Gasteiger partial charge is 0.323 e. The zero-order valence-corrected chi connectivity index (χ0v) is 15.1. The molecule has 0 spiro atoms. The van der Waals surface area contributed by atoms with Crippen molar-refractivity contribution < 1.29 is 14.3 Å². The predicted octanol–water partition coefficient (Wildman–Crippen LogP) is -0.115. The van der Waals surface area contributed by atoms with Gasteiger partial charge in [-0.15, -0.1) is 12.4 Å². The number of aromatic amines is 1. The molecule has 0 amide bonds. The van der Waals surface area contributed by atoms with Crippen LogP contribution in [0, 0.1) is 5.92 Å². The highest BCUT2D eigenvalue weighted by atomic mass is 35.5. The quantitative estimate of drug-likeness (QED) is 0.429. The SMILES string of the molecule is CN[C@@H](C(=O)OCCOCn1cnc2c(=O)[nH]c(N)nc21)C(C)C.Cl. The van der Waals surface area contributed by atoms with Gasteiger partial charge in [-0.3, -0.25) is 19.1 Å². The van der Waals surface area contributed by atoms with Crippen LogP contribution < -0.4 is 16.6 Å². The molecule has 2 rings (SSSR count). The fraction of sp³-hybridized carbons (Fsp3) is 0.571. The standard InChI is InChI=1S/C14H22N6O4.ClH/c1-8(2)9(16-3)13(22)24-5-4-23-7-20-6-17-10-11(20)18-14(15)19-12(10)21;/h6,8-9,16H,4-5,7H2,1-3H3,(H3,15,18,19,21);1H/t9-;/m1./s1. The van der Waals surface area contributed by atoms with Gasteiger partial charge in [0.25, 0.3) is 5.56 Å². The maximum absolute atomic E-state index is 11.8. The van der Waals surface area contributed by atoms with Gasteiger partial charge in [-0.1, -0.05) is 13.8 Å². The molecule has 0 radical (unpaired) electrons. The molecule has 11 heteroatoms. The predicted molar refractivity (Wildman–Crippen MR) is 94.4 cm³/mol. The minimum Gasteiger partial charge on any atom is -0.462 e. The first-order chi connectivity index (χ1) is 11.4. The Kier molecular flexibility index (Phi) is 7.81. The molecule has 2 heterocycles. The number of carbonyl (C=O) groups is 1. The summed E-state index contributed by atoms with van der Waals surface area (Å²) in [6.45, 7) is 4.32. The minimum absolute atomic E-state index is 0. The number of esters is 1. The van der Waals surface area contributed by atoms with Gasteiger partial charge in [0.05, 0.1) is 12.9 Å². The lowest BCUT2D eigenvalue weighted by atomic mass is 10.1. The van der Waals surface area contributed by atoms with Crippen molar-refractivity contribution in [2.75, 3.05) is 26.0 Å². The van der Waals surface area contributed by atoms with Crippen molar-refractivity contribution in [2.45, 2.75) is 26.6 Å². The van der Waals surface area contributed by atoms with Crippen molar-refractivity contribution in [2.24, 2.45) is 5.92 Å². The number of hydrogen-bond donors (Lipinski definition) is 3. The maximum Gasteiger partial charge on any atom is 0.323 e. The number of nitrogens with two attached hydrogens (primary N) is 1. The lowest BCUT2D eigenvalue weighted by Gasteiger charge is -2.18. The number of anilines is 1. The number of halogens is 1. The zero-order chi connectivity index (χ0) is 17.7. The number of H-pyrrole nitrogens is 1. The largest absolute Gasteiger partial charge is 0.462 e. The molecule has 0 saturated heterocycles. The Balaban J connectivity index is 0.00000312. The number of imidazole rings is 1. The molecule has 0 aliphatic rings. The Morgan fingerprint density at radius 3 is 2.80 bits per heavy atom. The highest BCUT2D eigenvalue weighted by Gasteiger charge is 2.21. The van der Waals surface area contributed by atoms with E-state index in [9.17, 15) is 9.59 Å². The Hall–Kier alpha value is -2.17. The Morgan fingerprint density at radius 1 is 1.44 bits per heavy atom. The molecule has 0 aromatic carbocycles. The molecule has 0 aliphatic heterocycles. The van der Waals surface area contributed by atoms with E-state index in [2.05, 4.69) is 20.3 Å². The van der Waals surface area contributed by atoms with E-state index in [-0.39, 0.29) is 61.7 Å². The minimum atomic E-state index is -0.406. The number of carbonyl (C=O) groups excluding carboxylic acids is 1. The van der Waals surface area contributed by atoms with Crippen LogP contribution >= 0.6 is 12.4 Å². The second kappa shape index (κ2) is 9.35. The highest BCUT2D eigenvalue weighted by molar-refractivity contribution is 5.85. The fourth-order valence-electron chi connectivity index (χ4n) is 2.24. The zero-order valence-electron chi connectivity index (χ0n) is 14.3. The van der Waals surface area contributed by atoms with Gasteiger partial charge < -0.3 is 20.5 Å². The average molecular weight is 375 g/mol. The molecule has 0 bridgehead atoms. The van der Waals surface area contributed by atoms with Gasteiger partial charge in [0.1, 0.15) is 19.4 Å². The van der Waals surface area contributed by atoms with Gasteiger partial charge in [-0.05, 0) is 13.0 Å². The molecule has 2 aromatic rings.